The Kier molecular flexibility index (Phi) is 7.77. The van der Waals surface area contributed by atoms with Crippen LogP contribution in [0.1, 0.15) is 38.2 Å². The van der Waals surface area contributed by atoms with E-state index in [0.717, 1.165) is 18.1 Å². The van der Waals surface area contributed by atoms with Crippen molar-refractivity contribution in [3.8, 4) is 16.9 Å². The second kappa shape index (κ2) is 10.3. The molecule has 0 aromatic heterocycles. The van der Waals surface area contributed by atoms with Crippen molar-refractivity contribution in [2.24, 2.45) is 0 Å². The standard InChI is InChI=1S/C22H26O3/c1-3-5-6-7-8-18-9-11-19(12-10-18)20-13-15-21(16-14-20)24-17-25-22(23)4-2/h4,9-16H,2-3,5-8,17H2,1H3. The van der Waals surface area contributed by atoms with Crippen LogP contribution >= 0.6 is 0 Å². The van der Waals surface area contributed by atoms with Crippen molar-refractivity contribution < 1.29 is 14.3 Å². The zero-order valence-corrected chi connectivity index (χ0v) is 14.9. The number of rotatable bonds is 10. The van der Waals surface area contributed by atoms with Gasteiger partial charge in [0.15, 0.2) is 0 Å². The van der Waals surface area contributed by atoms with Crippen LogP contribution in [0.5, 0.6) is 5.75 Å². The molecular weight excluding hydrogens is 312 g/mol. The fraction of sp³-hybridized carbons (Fsp3) is 0.318. The molecule has 3 nitrogen and oxygen atoms in total. The van der Waals surface area contributed by atoms with Gasteiger partial charge in [-0.05, 0) is 41.7 Å². The van der Waals surface area contributed by atoms with Crippen molar-refractivity contribution in [2.75, 3.05) is 6.79 Å². The Balaban J connectivity index is 1.86. The van der Waals surface area contributed by atoms with E-state index in [9.17, 15) is 4.79 Å². The Morgan fingerprint density at radius 3 is 2.20 bits per heavy atom. The van der Waals surface area contributed by atoms with Gasteiger partial charge >= 0.3 is 5.97 Å². The summed E-state index contributed by atoms with van der Waals surface area (Å²) < 4.78 is 10.2. The van der Waals surface area contributed by atoms with Crippen molar-refractivity contribution in [3.63, 3.8) is 0 Å². The Morgan fingerprint density at radius 2 is 1.60 bits per heavy atom. The van der Waals surface area contributed by atoms with Gasteiger partial charge in [0, 0.05) is 6.08 Å². The van der Waals surface area contributed by atoms with Gasteiger partial charge < -0.3 is 9.47 Å². The number of aryl methyl sites for hydroxylation is 1. The molecule has 0 bridgehead atoms. The molecule has 0 unspecified atom stereocenters. The Hall–Kier alpha value is -2.55. The molecule has 0 aliphatic heterocycles. The average Bonchev–Trinajstić information content (AvgIpc) is 2.66. The lowest BCUT2D eigenvalue weighted by molar-refractivity contribution is -0.144. The molecule has 0 heterocycles. The summed E-state index contributed by atoms with van der Waals surface area (Å²) >= 11 is 0. The number of carbonyl (C=O) groups excluding carboxylic acids is 1. The lowest BCUT2D eigenvalue weighted by Crippen LogP contribution is -2.07. The summed E-state index contributed by atoms with van der Waals surface area (Å²) in [5, 5.41) is 0. The van der Waals surface area contributed by atoms with Crippen LogP contribution in [-0.4, -0.2) is 12.8 Å². The maximum Gasteiger partial charge on any atom is 0.333 e. The fourth-order valence-electron chi connectivity index (χ4n) is 2.58. The van der Waals surface area contributed by atoms with Crippen LogP contribution < -0.4 is 4.74 Å². The van der Waals surface area contributed by atoms with E-state index in [4.69, 9.17) is 9.47 Å². The van der Waals surface area contributed by atoms with Crippen molar-refractivity contribution in [3.05, 3.63) is 66.7 Å². The minimum Gasteiger partial charge on any atom is -0.457 e. The number of ether oxygens (including phenoxy) is 2. The molecule has 0 N–H and O–H groups in total. The molecule has 0 atom stereocenters. The summed E-state index contributed by atoms with van der Waals surface area (Å²) in [6.07, 6.45) is 7.42. The first-order chi connectivity index (χ1) is 12.2. The summed E-state index contributed by atoms with van der Waals surface area (Å²) in [7, 11) is 0. The largest absolute Gasteiger partial charge is 0.457 e. The zero-order valence-electron chi connectivity index (χ0n) is 14.9. The average molecular weight is 338 g/mol. The highest BCUT2D eigenvalue weighted by atomic mass is 16.7. The third-order valence-corrected chi connectivity index (χ3v) is 4.05. The summed E-state index contributed by atoms with van der Waals surface area (Å²) in [6.45, 7) is 5.45. The lowest BCUT2D eigenvalue weighted by atomic mass is 10.0. The molecule has 0 saturated heterocycles. The molecule has 0 saturated carbocycles. The van der Waals surface area contributed by atoms with E-state index in [-0.39, 0.29) is 6.79 Å². The molecule has 2 aromatic carbocycles. The molecule has 0 amide bonds. The Bertz CT molecular complexity index is 657. The van der Waals surface area contributed by atoms with Crippen LogP contribution in [-0.2, 0) is 16.0 Å². The maximum absolute atomic E-state index is 10.9. The molecule has 0 aliphatic carbocycles. The van der Waals surface area contributed by atoms with Crippen LogP contribution in [0.2, 0.25) is 0 Å². The second-order valence-electron chi connectivity index (χ2n) is 5.96. The molecular formula is C22H26O3. The van der Waals surface area contributed by atoms with Gasteiger partial charge in [0.1, 0.15) is 5.75 Å². The molecule has 3 heteroatoms. The van der Waals surface area contributed by atoms with Crippen molar-refractivity contribution in [1.29, 1.82) is 0 Å². The topological polar surface area (TPSA) is 35.5 Å². The van der Waals surface area contributed by atoms with Gasteiger partial charge in [0.05, 0.1) is 0 Å². The van der Waals surface area contributed by atoms with Gasteiger partial charge in [-0.3, -0.25) is 0 Å². The number of hydrogen-bond acceptors (Lipinski definition) is 3. The Labute approximate surface area is 150 Å². The predicted octanol–water partition coefficient (Wildman–Crippen LogP) is 5.54. The highest BCUT2D eigenvalue weighted by Crippen LogP contribution is 2.23. The first-order valence-electron chi connectivity index (χ1n) is 8.84. The van der Waals surface area contributed by atoms with Gasteiger partial charge in [0.2, 0.25) is 6.79 Å². The number of hydrogen-bond donors (Lipinski definition) is 0. The first-order valence-corrected chi connectivity index (χ1v) is 8.84. The monoisotopic (exact) mass is 338 g/mol. The number of esters is 1. The van der Waals surface area contributed by atoms with Gasteiger partial charge in [-0.2, -0.15) is 0 Å². The van der Waals surface area contributed by atoms with Crippen molar-refractivity contribution in [1.82, 2.24) is 0 Å². The molecule has 25 heavy (non-hydrogen) atoms. The van der Waals surface area contributed by atoms with Crippen molar-refractivity contribution >= 4 is 5.97 Å². The quantitative estimate of drug-likeness (QED) is 0.247. The summed E-state index contributed by atoms with van der Waals surface area (Å²) in [6, 6.07) is 16.5. The van der Waals surface area contributed by atoms with Gasteiger partial charge in [-0.1, -0.05) is 69.2 Å². The molecule has 2 aromatic rings. The highest BCUT2D eigenvalue weighted by Gasteiger charge is 2.01. The highest BCUT2D eigenvalue weighted by molar-refractivity contribution is 5.81. The molecule has 132 valence electrons. The third kappa shape index (κ3) is 6.46. The third-order valence-electron chi connectivity index (χ3n) is 4.05. The zero-order chi connectivity index (χ0) is 17.9. The van der Waals surface area contributed by atoms with Crippen LogP contribution in [0.3, 0.4) is 0 Å². The molecule has 2 rings (SSSR count). The summed E-state index contributed by atoms with van der Waals surface area (Å²) in [5.74, 6) is 0.166. The minimum atomic E-state index is -0.494. The van der Waals surface area contributed by atoms with E-state index in [1.165, 1.54) is 36.8 Å². The van der Waals surface area contributed by atoms with E-state index < -0.39 is 5.97 Å². The van der Waals surface area contributed by atoms with Gasteiger partial charge in [-0.15, -0.1) is 0 Å². The maximum atomic E-state index is 10.9. The summed E-state index contributed by atoms with van der Waals surface area (Å²) in [5.41, 5.74) is 3.71. The van der Waals surface area contributed by atoms with E-state index in [1.54, 1.807) is 0 Å². The molecule has 0 radical (unpaired) electrons. The number of unbranched alkanes of at least 4 members (excludes halogenated alkanes) is 3. The minimum absolute atomic E-state index is 0.114. The van der Waals surface area contributed by atoms with Crippen LogP contribution in [0, 0.1) is 0 Å². The number of benzene rings is 2. The van der Waals surface area contributed by atoms with Crippen LogP contribution in [0.4, 0.5) is 0 Å². The van der Waals surface area contributed by atoms with Crippen LogP contribution in [0.25, 0.3) is 11.1 Å². The normalized spacial score (nSPS) is 10.3. The van der Waals surface area contributed by atoms with E-state index in [2.05, 4.69) is 37.8 Å². The first kappa shape index (κ1) is 18.8. The predicted molar refractivity (Wildman–Crippen MR) is 102 cm³/mol. The van der Waals surface area contributed by atoms with E-state index in [1.807, 2.05) is 24.3 Å². The second-order valence-corrected chi connectivity index (χ2v) is 5.96. The Morgan fingerprint density at radius 1 is 0.960 bits per heavy atom. The lowest BCUT2D eigenvalue weighted by Gasteiger charge is -2.08. The smallest absolute Gasteiger partial charge is 0.333 e. The van der Waals surface area contributed by atoms with Crippen molar-refractivity contribution in [2.45, 2.75) is 39.0 Å². The van der Waals surface area contributed by atoms with E-state index >= 15 is 0 Å². The molecule has 0 fully saturated rings. The summed E-state index contributed by atoms with van der Waals surface area (Å²) in [4.78, 5) is 10.9. The van der Waals surface area contributed by atoms with E-state index in [0.29, 0.717) is 5.75 Å². The van der Waals surface area contributed by atoms with Gasteiger partial charge in [-0.25, -0.2) is 4.79 Å². The van der Waals surface area contributed by atoms with Gasteiger partial charge in [0.25, 0.3) is 0 Å². The fourth-order valence-corrected chi connectivity index (χ4v) is 2.58. The SMILES string of the molecule is C=CC(=O)OCOc1ccc(-c2ccc(CCCCCC)cc2)cc1. The molecule has 0 aliphatic rings. The number of carbonyl (C=O) groups is 1. The molecule has 0 spiro atoms. The van der Waals surface area contributed by atoms with Crippen LogP contribution in [0.15, 0.2) is 61.2 Å².